The van der Waals surface area contributed by atoms with Gasteiger partial charge in [-0.15, -0.1) is 0 Å². The van der Waals surface area contributed by atoms with Gasteiger partial charge >= 0.3 is 11.6 Å². The Morgan fingerprint density at radius 2 is 1.76 bits per heavy atom. The number of halogens is 1. The van der Waals surface area contributed by atoms with Gasteiger partial charge in [0.1, 0.15) is 17.2 Å². The minimum absolute atomic E-state index is 0.0481. The maximum absolute atomic E-state index is 12.7. The third-order valence-electron chi connectivity index (χ3n) is 6.12. The summed E-state index contributed by atoms with van der Waals surface area (Å²) in [5.74, 6) is -1.60. The van der Waals surface area contributed by atoms with Crippen LogP contribution in [0.5, 0.6) is 0 Å². The SMILES string of the molecule is Cc1coc2c(C)c3oc(=O)c(CCC(=O)N[C@@H](Cc4ccc(Cl)cc4)C(=O)O)c(C)c3cc12. The lowest BCUT2D eigenvalue weighted by Gasteiger charge is -2.15. The molecule has 34 heavy (non-hydrogen) atoms. The third kappa shape index (κ3) is 4.56. The summed E-state index contributed by atoms with van der Waals surface area (Å²) in [6, 6.07) is 7.61. The van der Waals surface area contributed by atoms with E-state index in [1.165, 1.54) is 0 Å². The Labute approximate surface area is 200 Å². The van der Waals surface area contributed by atoms with Gasteiger partial charge < -0.3 is 19.3 Å². The second-order valence-electron chi connectivity index (χ2n) is 8.46. The van der Waals surface area contributed by atoms with E-state index in [1.54, 1.807) is 30.5 Å². The second-order valence-corrected chi connectivity index (χ2v) is 8.89. The van der Waals surface area contributed by atoms with Crippen molar-refractivity contribution < 1.29 is 23.5 Å². The largest absolute Gasteiger partial charge is 0.480 e. The Kier molecular flexibility index (Phi) is 6.48. The van der Waals surface area contributed by atoms with Gasteiger partial charge in [0.25, 0.3) is 0 Å². The molecule has 1 amide bonds. The fourth-order valence-electron chi connectivity index (χ4n) is 4.17. The van der Waals surface area contributed by atoms with Gasteiger partial charge in [-0.2, -0.15) is 0 Å². The Hall–Kier alpha value is -3.58. The van der Waals surface area contributed by atoms with Gasteiger partial charge in [0.05, 0.1) is 6.26 Å². The Morgan fingerprint density at radius 1 is 1.06 bits per heavy atom. The highest BCUT2D eigenvalue weighted by atomic mass is 35.5. The molecule has 4 aromatic rings. The zero-order valence-electron chi connectivity index (χ0n) is 19.0. The van der Waals surface area contributed by atoms with Crippen LogP contribution < -0.4 is 10.9 Å². The number of rotatable bonds is 7. The fraction of sp³-hybridized carbons (Fsp3) is 0.269. The van der Waals surface area contributed by atoms with Gasteiger partial charge in [0.2, 0.25) is 5.91 Å². The summed E-state index contributed by atoms with van der Waals surface area (Å²) in [4.78, 5) is 37.0. The van der Waals surface area contributed by atoms with Crippen LogP contribution in [0.4, 0.5) is 0 Å². The molecule has 0 saturated heterocycles. The van der Waals surface area contributed by atoms with E-state index in [0.717, 1.165) is 33.0 Å². The number of hydrogen-bond donors (Lipinski definition) is 2. The van der Waals surface area contributed by atoms with Crippen LogP contribution in [-0.4, -0.2) is 23.0 Å². The van der Waals surface area contributed by atoms with Crippen LogP contribution in [0, 0.1) is 20.8 Å². The molecule has 2 aromatic carbocycles. The molecule has 0 fully saturated rings. The number of hydrogen-bond acceptors (Lipinski definition) is 5. The predicted octanol–water partition coefficient (Wildman–Crippen LogP) is 4.86. The first kappa shape index (κ1) is 23.6. The summed E-state index contributed by atoms with van der Waals surface area (Å²) in [7, 11) is 0. The smallest absolute Gasteiger partial charge is 0.339 e. The lowest BCUT2D eigenvalue weighted by atomic mass is 9.98. The number of nitrogens with one attached hydrogen (secondary N) is 1. The van der Waals surface area contributed by atoms with Crippen LogP contribution in [0.1, 0.15) is 34.2 Å². The van der Waals surface area contributed by atoms with Crippen molar-refractivity contribution >= 4 is 45.4 Å². The summed E-state index contributed by atoms with van der Waals surface area (Å²) in [5.41, 5.74) is 4.22. The van der Waals surface area contributed by atoms with Crippen LogP contribution >= 0.6 is 11.6 Å². The highest BCUT2D eigenvalue weighted by Crippen LogP contribution is 2.32. The molecule has 8 heteroatoms. The molecule has 0 aliphatic carbocycles. The first-order valence-corrected chi connectivity index (χ1v) is 11.2. The van der Waals surface area contributed by atoms with Gasteiger partial charge in [-0.1, -0.05) is 23.7 Å². The highest BCUT2D eigenvalue weighted by molar-refractivity contribution is 6.30. The van der Waals surface area contributed by atoms with Gasteiger partial charge in [0.15, 0.2) is 0 Å². The predicted molar refractivity (Wildman–Crippen MR) is 130 cm³/mol. The number of carboxylic acids is 1. The van der Waals surface area contributed by atoms with Gasteiger partial charge in [-0.05, 0) is 62.1 Å². The minimum atomic E-state index is -1.14. The van der Waals surface area contributed by atoms with Crippen molar-refractivity contribution in [3.05, 3.63) is 79.9 Å². The number of fused-ring (bicyclic) bond motifs is 2. The number of carbonyl (C=O) groups is 2. The highest BCUT2D eigenvalue weighted by Gasteiger charge is 2.22. The number of aryl methyl sites for hydroxylation is 3. The molecule has 0 unspecified atom stereocenters. The maximum Gasteiger partial charge on any atom is 0.339 e. The molecule has 0 aliphatic heterocycles. The van der Waals surface area contributed by atoms with E-state index in [9.17, 15) is 19.5 Å². The molecule has 2 aromatic heterocycles. The van der Waals surface area contributed by atoms with E-state index in [2.05, 4.69) is 5.32 Å². The average molecular weight is 482 g/mol. The standard InChI is InChI=1S/C26H24ClNO6/c1-13-12-33-23-15(3)24-20(11-19(13)23)14(2)18(26(32)34-24)8-9-22(29)28-21(25(30)31)10-16-4-6-17(27)7-5-16/h4-7,11-12,21H,8-10H2,1-3H3,(H,28,29)(H,30,31)/t21-/m0/s1. The molecule has 0 spiro atoms. The molecule has 2 N–H and O–H groups in total. The number of amides is 1. The molecule has 2 heterocycles. The maximum atomic E-state index is 12.7. The molecule has 0 bridgehead atoms. The molecule has 176 valence electrons. The number of aliphatic carboxylic acids is 1. The normalized spacial score (nSPS) is 12.2. The fourth-order valence-corrected chi connectivity index (χ4v) is 4.30. The van der Waals surface area contributed by atoms with Gasteiger partial charge in [-0.3, -0.25) is 4.79 Å². The van der Waals surface area contributed by atoms with Crippen molar-refractivity contribution in [2.24, 2.45) is 0 Å². The Bertz CT molecular complexity index is 1470. The zero-order valence-corrected chi connectivity index (χ0v) is 19.8. The Morgan fingerprint density at radius 3 is 2.44 bits per heavy atom. The van der Waals surface area contributed by atoms with Gasteiger partial charge in [-0.25, -0.2) is 9.59 Å². The zero-order chi connectivity index (χ0) is 24.6. The van der Waals surface area contributed by atoms with E-state index in [-0.39, 0.29) is 19.3 Å². The monoisotopic (exact) mass is 481 g/mol. The number of benzene rings is 2. The molecule has 1 atom stereocenters. The first-order valence-electron chi connectivity index (χ1n) is 10.9. The van der Waals surface area contributed by atoms with Crippen LogP contribution in [0.15, 0.2) is 50.2 Å². The summed E-state index contributed by atoms with van der Waals surface area (Å²) in [6.45, 7) is 5.61. The summed E-state index contributed by atoms with van der Waals surface area (Å²) in [5, 5.41) is 14.4. The molecule has 4 rings (SSSR count). The quantitative estimate of drug-likeness (QED) is 0.365. The van der Waals surface area contributed by atoms with Crippen molar-refractivity contribution in [2.45, 2.75) is 46.1 Å². The number of furan rings is 1. The van der Waals surface area contributed by atoms with Gasteiger partial charge in [0, 0.05) is 39.8 Å². The van der Waals surface area contributed by atoms with Crippen LogP contribution in [-0.2, 0) is 22.4 Å². The van der Waals surface area contributed by atoms with Crippen molar-refractivity contribution in [2.75, 3.05) is 0 Å². The van der Waals surface area contributed by atoms with E-state index in [1.807, 2.05) is 26.8 Å². The topological polar surface area (TPSA) is 110 Å². The number of carbonyl (C=O) groups excluding carboxylic acids is 1. The summed E-state index contributed by atoms with van der Waals surface area (Å²) < 4.78 is 11.2. The third-order valence-corrected chi connectivity index (χ3v) is 6.38. The Balaban J connectivity index is 1.54. The van der Waals surface area contributed by atoms with Crippen molar-refractivity contribution in [1.29, 1.82) is 0 Å². The lowest BCUT2D eigenvalue weighted by molar-refractivity contribution is -0.141. The molecule has 0 saturated carbocycles. The molecular formula is C26H24ClNO6. The van der Waals surface area contributed by atoms with Crippen molar-refractivity contribution in [3.8, 4) is 0 Å². The minimum Gasteiger partial charge on any atom is -0.480 e. The van der Waals surface area contributed by atoms with Crippen LogP contribution in [0.3, 0.4) is 0 Å². The molecule has 0 aliphatic rings. The van der Waals surface area contributed by atoms with E-state index >= 15 is 0 Å². The second kappa shape index (κ2) is 9.35. The molecular weight excluding hydrogens is 458 g/mol. The lowest BCUT2D eigenvalue weighted by Crippen LogP contribution is -2.42. The summed E-state index contributed by atoms with van der Waals surface area (Å²) in [6.07, 6.45) is 1.87. The van der Waals surface area contributed by atoms with E-state index < -0.39 is 23.5 Å². The van der Waals surface area contributed by atoms with Crippen LogP contribution in [0.25, 0.3) is 21.9 Å². The average Bonchev–Trinajstić information content (AvgIpc) is 3.16. The summed E-state index contributed by atoms with van der Waals surface area (Å²) >= 11 is 5.87. The molecule has 0 radical (unpaired) electrons. The number of carboxylic acid groups (broad SMARTS) is 1. The van der Waals surface area contributed by atoms with Crippen molar-refractivity contribution in [3.63, 3.8) is 0 Å². The van der Waals surface area contributed by atoms with E-state index in [0.29, 0.717) is 21.8 Å². The van der Waals surface area contributed by atoms with E-state index in [4.69, 9.17) is 20.4 Å². The van der Waals surface area contributed by atoms with Crippen LogP contribution in [0.2, 0.25) is 5.02 Å². The van der Waals surface area contributed by atoms with Crippen molar-refractivity contribution in [1.82, 2.24) is 5.32 Å². The molecule has 7 nitrogen and oxygen atoms in total. The first-order chi connectivity index (χ1) is 16.2.